The average Bonchev–Trinajstić information content (AvgIpc) is 3.01. The fourth-order valence-corrected chi connectivity index (χ4v) is 2.42. The summed E-state index contributed by atoms with van der Waals surface area (Å²) in [5.41, 5.74) is 1.31. The number of carboxylic acids is 1. The van der Waals surface area contributed by atoms with E-state index in [2.05, 4.69) is 4.74 Å². The number of hydrogen-bond donors (Lipinski definition) is 1. The number of ether oxygens (including phenoxy) is 1. The van der Waals surface area contributed by atoms with E-state index in [0.717, 1.165) is 0 Å². The minimum absolute atomic E-state index is 0.359. The van der Waals surface area contributed by atoms with Crippen LogP contribution in [-0.2, 0) is 0 Å². The topological polar surface area (TPSA) is 83.5 Å². The first kappa shape index (κ1) is 15.5. The second kappa shape index (κ2) is 6.01. The van der Waals surface area contributed by atoms with Crippen molar-refractivity contribution in [2.75, 3.05) is 0 Å². The van der Waals surface area contributed by atoms with Gasteiger partial charge in [0.2, 0.25) is 0 Å². The minimum Gasteiger partial charge on any atom is -0.478 e. The molecule has 0 aliphatic rings. The first-order valence-corrected chi connectivity index (χ1v) is 6.73. The Hall–Kier alpha value is -3.40. The van der Waals surface area contributed by atoms with Crippen LogP contribution in [0.1, 0.15) is 15.9 Å². The van der Waals surface area contributed by atoms with E-state index in [4.69, 9.17) is 14.8 Å². The number of nitrogens with zero attached hydrogens (tertiary/aromatic N) is 1. The molecule has 0 aliphatic heterocycles. The van der Waals surface area contributed by atoms with Gasteiger partial charge < -0.3 is 14.3 Å². The maximum absolute atomic E-state index is 12.5. The van der Waals surface area contributed by atoms with Gasteiger partial charge in [-0.25, -0.2) is 4.79 Å². The summed E-state index contributed by atoms with van der Waals surface area (Å²) in [6.45, 7) is -3.16. The van der Waals surface area contributed by atoms with E-state index >= 15 is 0 Å². The zero-order valence-electron chi connectivity index (χ0n) is 12.0. The fourth-order valence-electron chi connectivity index (χ4n) is 2.42. The molecule has 0 saturated carbocycles. The molecule has 120 valence electrons. The predicted octanol–water partition coefficient (Wildman–Crippen LogP) is 4.27. The number of halogens is 2. The number of carbonyl (C=O) groups is 1. The van der Waals surface area contributed by atoms with Gasteiger partial charge in [-0.2, -0.15) is 14.0 Å². The van der Waals surface area contributed by atoms with Gasteiger partial charge in [0.05, 0.1) is 17.9 Å². The summed E-state index contributed by atoms with van der Waals surface area (Å²) >= 11 is 0. The highest BCUT2D eigenvalue weighted by molar-refractivity contribution is 5.96. The van der Waals surface area contributed by atoms with Crippen molar-refractivity contribution in [3.63, 3.8) is 0 Å². The largest absolute Gasteiger partial charge is 0.478 e. The molecule has 0 amide bonds. The Balaban J connectivity index is 2.21. The lowest BCUT2D eigenvalue weighted by Crippen LogP contribution is -2.07. The standard InChI is InChI=1S/C17H9F2NO4/c18-17(19)24-14-7-10(1-2-12(14)16(21)22)13-6-9(8-20)5-11-3-4-23-15(11)13/h1-7,17H,(H,21,22). The molecule has 5 nitrogen and oxygen atoms in total. The summed E-state index contributed by atoms with van der Waals surface area (Å²) in [4.78, 5) is 11.1. The summed E-state index contributed by atoms with van der Waals surface area (Å²) < 4.78 is 34.8. The quantitative estimate of drug-likeness (QED) is 0.773. The van der Waals surface area contributed by atoms with Crippen molar-refractivity contribution in [3.05, 3.63) is 53.8 Å². The number of furan rings is 1. The van der Waals surface area contributed by atoms with E-state index in [1.54, 1.807) is 12.1 Å². The van der Waals surface area contributed by atoms with Gasteiger partial charge in [-0.1, -0.05) is 6.07 Å². The van der Waals surface area contributed by atoms with E-state index < -0.39 is 18.3 Å². The molecule has 1 heterocycles. The summed E-state index contributed by atoms with van der Waals surface area (Å²) in [6, 6.07) is 10.6. The van der Waals surface area contributed by atoms with Gasteiger partial charge in [0.15, 0.2) is 0 Å². The Labute approximate surface area is 134 Å². The molecule has 0 saturated heterocycles. The van der Waals surface area contributed by atoms with Crippen molar-refractivity contribution >= 4 is 16.9 Å². The van der Waals surface area contributed by atoms with Crippen LogP contribution in [0.3, 0.4) is 0 Å². The summed E-state index contributed by atoms with van der Waals surface area (Å²) in [5, 5.41) is 18.9. The van der Waals surface area contributed by atoms with Crippen LogP contribution in [0.5, 0.6) is 5.75 Å². The molecule has 7 heteroatoms. The first-order valence-electron chi connectivity index (χ1n) is 6.73. The third-order valence-corrected chi connectivity index (χ3v) is 3.42. The lowest BCUT2D eigenvalue weighted by Gasteiger charge is -2.11. The van der Waals surface area contributed by atoms with E-state index in [1.807, 2.05) is 6.07 Å². The Kier molecular flexibility index (Phi) is 3.88. The van der Waals surface area contributed by atoms with Crippen molar-refractivity contribution in [1.82, 2.24) is 0 Å². The normalized spacial score (nSPS) is 10.8. The first-order chi connectivity index (χ1) is 11.5. The van der Waals surface area contributed by atoms with Crippen LogP contribution in [0.15, 0.2) is 47.1 Å². The van der Waals surface area contributed by atoms with Gasteiger partial charge in [-0.3, -0.25) is 0 Å². The molecule has 3 rings (SSSR count). The van der Waals surface area contributed by atoms with Crippen molar-refractivity contribution in [2.45, 2.75) is 6.61 Å². The average molecular weight is 329 g/mol. The number of hydrogen-bond acceptors (Lipinski definition) is 4. The zero-order valence-corrected chi connectivity index (χ0v) is 12.0. The molecule has 2 aromatic carbocycles. The van der Waals surface area contributed by atoms with Crippen molar-refractivity contribution < 1.29 is 27.8 Å². The molecular formula is C17H9F2NO4. The van der Waals surface area contributed by atoms with Gasteiger partial charge >= 0.3 is 12.6 Å². The molecule has 0 unspecified atom stereocenters. The van der Waals surface area contributed by atoms with Crippen molar-refractivity contribution in [2.24, 2.45) is 0 Å². The highest BCUT2D eigenvalue weighted by Gasteiger charge is 2.18. The number of carboxylic acid groups (broad SMARTS) is 1. The summed E-state index contributed by atoms with van der Waals surface area (Å²) in [7, 11) is 0. The van der Waals surface area contributed by atoms with Gasteiger partial charge in [0, 0.05) is 10.9 Å². The summed E-state index contributed by atoms with van der Waals surface area (Å²) in [6.07, 6.45) is 1.44. The minimum atomic E-state index is -3.16. The van der Waals surface area contributed by atoms with Crippen molar-refractivity contribution in [3.8, 4) is 22.9 Å². The Morgan fingerprint density at radius 2 is 2.04 bits per heavy atom. The lowest BCUT2D eigenvalue weighted by atomic mass is 9.99. The molecule has 0 spiro atoms. The third-order valence-electron chi connectivity index (χ3n) is 3.42. The van der Waals surface area contributed by atoms with Gasteiger partial charge in [0.25, 0.3) is 0 Å². The van der Waals surface area contributed by atoms with Crippen LogP contribution in [0.2, 0.25) is 0 Å². The lowest BCUT2D eigenvalue weighted by molar-refractivity contribution is -0.0502. The summed E-state index contributed by atoms with van der Waals surface area (Å²) in [5.74, 6) is -1.84. The van der Waals surface area contributed by atoms with Crippen LogP contribution >= 0.6 is 0 Å². The third kappa shape index (κ3) is 2.77. The van der Waals surface area contributed by atoms with Crippen LogP contribution in [-0.4, -0.2) is 17.7 Å². The molecule has 0 aliphatic carbocycles. The molecule has 1 aromatic heterocycles. The van der Waals surface area contributed by atoms with E-state index in [1.165, 1.54) is 30.5 Å². The van der Waals surface area contributed by atoms with Gasteiger partial charge in [-0.15, -0.1) is 0 Å². The molecular weight excluding hydrogens is 320 g/mol. The van der Waals surface area contributed by atoms with Gasteiger partial charge in [-0.05, 0) is 35.9 Å². The Bertz CT molecular complexity index is 972. The Morgan fingerprint density at radius 3 is 2.71 bits per heavy atom. The molecule has 24 heavy (non-hydrogen) atoms. The SMILES string of the molecule is N#Cc1cc(-c2ccc(C(=O)O)c(OC(F)F)c2)c2occc2c1. The highest BCUT2D eigenvalue weighted by Crippen LogP contribution is 2.34. The maximum atomic E-state index is 12.5. The molecule has 0 radical (unpaired) electrons. The van der Waals surface area contributed by atoms with Crippen molar-refractivity contribution in [1.29, 1.82) is 5.26 Å². The number of alkyl halides is 2. The van der Waals surface area contributed by atoms with Crippen LogP contribution in [0, 0.1) is 11.3 Å². The molecule has 1 N–H and O–H groups in total. The molecule has 0 fully saturated rings. The molecule has 0 atom stereocenters. The number of nitriles is 1. The van der Waals surface area contributed by atoms with Gasteiger partial charge in [0.1, 0.15) is 16.9 Å². The van der Waals surface area contributed by atoms with Crippen LogP contribution < -0.4 is 4.74 Å². The number of benzene rings is 2. The van der Waals surface area contributed by atoms with Crippen LogP contribution in [0.4, 0.5) is 8.78 Å². The number of rotatable bonds is 4. The van der Waals surface area contributed by atoms with Crippen LogP contribution in [0.25, 0.3) is 22.1 Å². The number of aromatic carboxylic acids is 1. The predicted molar refractivity (Wildman–Crippen MR) is 80.0 cm³/mol. The maximum Gasteiger partial charge on any atom is 0.387 e. The molecule has 0 bridgehead atoms. The second-order valence-corrected chi connectivity index (χ2v) is 4.87. The number of fused-ring (bicyclic) bond motifs is 1. The van der Waals surface area contributed by atoms with E-state index in [0.29, 0.717) is 27.7 Å². The molecule has 3 aromatic rings. The smallest absolute Gasteiger partial charge is 0.387 e. The monoisotopic (exact) mass is 329 g/mol. The Morgan fingerprint density at radius 1 is 1.25 bits per heavy atom. The zero-order chi connectivity index (χ0) is 17.3. The fraction of sp³-hybridized carbons (Fsp3) is 0.0588. The highest BCUT2D eigenvalue weighted by atomic mass is 19.3. The second-order valence-electron chi connectivity index (χ2n) is 4.87. The van der Waals surface area contributed by atoms with E-state index in [9.17, 15) is 13.6 Å². The van der Waals surface area contributed by atoms with E-state index in [-0.39, 0.29) is 5.56 Å².